The molecule has 3 nitrogen and oxygen atoms in total. The first-order valence-corrected chi connectivity index (χ1v) is 5.16. The second kappa shape index (κ2) is 3.88. The zero-order chi connectivity index (χ0) is 10.1. The van der Waals surface area contributed by atoms with Crippen LogP contribution in [0.3, 0.4) is 0 Å². The maximum atomic E-state index is 5.83. The Morgan fingerprint density at radius 3 is 2.64 bits per heavy atom. The lowest BCUT2D eigenvalue weighted by Gasteiger charge is -1.98. The van der Waals surface area contributed by atoms with Crippen LogP contribution in [-0.2, 0) is 0 Å². The van der Waals surface area contributed by atoms with Gasteiger partial charge in [-0.15, -0.1) is 5.10 Å². The van der Waals surface area contributed by atoms with Gasteiger partial charge in [0.1, 0.15) is 0 Å². The van der Waals surface area contributed by atoms with E-state index in [1.165, 1.54) is 0 Å². The van der Waals surface area contributed by atoms with Crippen molar-refractivity contribution in [3.63, 3.8) is 0 Å². The van der Waals surface area contributed by atoms with E-state index in [-0.39, 0.29) is 5.35 Å². The molecule has 1 aromatic heterocycles. The molecule has 0 N–H and O–H groups in total. The van der Waals surface area contributed by atoms with Crippen molar-refractivity contribution in [1.82, 2.24) is 10.2 Å². The van der Waals surface area contributed by atoms with Gasteiger partial charge in [-0.05, 0) is 45.7 Å². The Kier molecular flexibility index (Phi) is 2.76. The Hall–Kier alpha value is -0.580. The molecular formula is C8H3BrCl2N2O. The quantitative estimate of drug-likeness (QED) is 0.802. The molecule has 0 fully saturated rings. The first-order valence-electron chi connectivity index (χ1n) is 3.61. The van der Waals surface area contributed by atoms with Crippen LogP contribution in [0.4, 0.5) is 0 Å². The van der Waals surface area contributed by atoms with Crippen LogP contribution in [0.15, 0.2) is 27.1 Å². The van der Waals surface area contributed by atoms with Crippen molar-refractivity contribution < 1.29 is 4.42 Å². The number of hydrogen-bond acceptors (Lipinski definition) is 3. The minimum atomic E-state index is 0.00637. The Bertz CT molecular complexity index is 472. The fraction of sp³-hybridized carbons (Fsp3) is 0. The van der Waals surface area contributed by atoms with E-state index in [1.807, 2.05) is 0 Å². The number of nitrogens with zero attached hydrogens (tertiary/aromatic N) is 2. The van der Waals surface area contributed by atoms with Crippen molar-refractivity contribution in [1.29, 1.82) is 0 Å². The van der Waals surface area contributed by atoms with E-state index in [2.05, 4.69) is 26.1 Å². The molecule has 1 aromatic carbocycles. The van der Waals surface area contributed by atoms with Gasteiger partial charge in [0, 0.05) is 9.50 Å². The van der Waals surface area contributed by atoms with Crippen LogP contribution in [0, 0.1) is 0 Å². The van der Waals surface area contributed by atoms with Crippen LogP contribution in [-0.4, -0.2) is 10.2 Å². The van der Waals surface area contributed by atoms with Gasteiger partial charge in [-0.3, -0.25) is 0 Å². The molecule has 72 valence electrons. The normalized spacial score (nSPS) is 10.5. The molecule has 0 aliphatic heterocycles. The molecule has 6 heteroatoms. The zero-order valence-electron chi connectivity index (χ0n) is 6.67. The maximum Gasteiger partial charge on any atom is 0.313 e. The molecule has 2 aromatic rings. The lowest BCUT2D eigenvalue weighted by molar-refractivity contribution is 0.570. The lowest BCUT2D eigenvalue weighted by atomic mass is 10.2. The molecule has 0 unspecified atom stereocenters. The molecule has 0 atom stereocenters. The molecule has 0 aliphatic rings. The summed E-state index contributed by atoms with van der Waals surface area (Å²) >= 11 is 14.7. The number of benzene rings is 1. The summed E-state index contributed by atoms with van der Waals surface area (Å²) in [6, 6.07) is 5.28. The summed E-state index contributed by atoms with van der Waals surface area (Å²) in [6.45, 7) is 0. The summed E-state index contributed by atoms with van der Waals surface area (Å²) in [5.74, 6) is 0.337. The second-order valence-corrected chi connectivity index (χ2v) is 4.10. The van der Waals surface area contributed by atoms with E-state index in [4.69, 9.17) is 27.6 Å². The zero-order valence-corrected chi connectivity index (χ0v) is 9.77. The standard InChI is InChI=1S/C8H3BrCl2N2O/c9-6-2-1-4(10)3-5(6)7-12-13-8(11)14-7/h1-3H. The molecular weight excluding hydrogens is 291 g/mol. The summed E-state index contributed by atoms with van der Waals surface area (Å²) in [5, 5.41) is 7.90. The largest absolute Gasteiger partial charge is 0.407 e. The Labute approximate surface area is 98.2 Å². The van der Waals surface area contributed by atoms with E-state index >= 15 is 0 Å². The topological polar surface area (TPSA) is 38.9 Å². The number of aromatic nitrogens is 2. The Morgan fingerprint density at radius 1 is 1.21 bits per heavy atom. The number of rotatable bonds is 1. The highest BCUT2D eigenvalue weighted by Gasteiger charge is 2.10. The summed E-state index contributed by atoms with van der Waals surface area (Å²) in [5.41, 5.74) is 0.719. The van der Waals surface area contributed by atoms with Crippen molar-refractivity contribution >= 4 is 39.1 Å². The highest BCUT2D eigenvalue weighted by molar-refractivity contribution is 9.10. The van der Waals surface area contributed by atoms with E-state index in [0.717, 1.165) is 10.0 Å². The summed E-state index contributed by atoms with van der Waals surface area (Å²) in [4.78, 5) is 0. The van der Waals surface area contributed by atoms with Crippen LogP contribution >= 0.6 is 39.1 Å². The Balaban J connectivity index is 2.55. The van der Waals surface area contributed by atoms with Gasteiger partial charge in [0.25, 0.3) is 0 Å². The van der Waals surface area contributed by atoms with Gasteiger partial charge >= 0.3 is 5.35 Å². The molecule has 1 heterocycles. The third-order valence-corrected chi connectivity index (χ3v) is 2.64. The van der Waals surface area contributed by atoms with Crippen molar-refractivity contribution in [3.8, 4) is 11.5 Å². The van der Waals surface area contributed by atoms with Crippen molar-refractivity contribution in [2.24, 2.45) is 0 Å². The summed E-state index contributed by atoms with van der Waals surface area (Å²) in [7, 11) is 0. The van der Waals surface area contributed by atoms with E-state index < -0.39 is 0 Å². The summed E-state index contributed by atoms with van der Waals surface area (Å²) < 4.78 is 5.88. The van der Waals surface area contributed by atoms with Crippen molar-refractivity contribution in [2.45, 2.75) is 0 Å². The smallest absolute Gasteiger partial charge is 0.313 e. The van der Waals surface area contributed by atoms with Gasteiger partial charge in [0.15, 0.2) is 0 Å². The van der Waals surface area contributed by atoms with Gasteiger partial charge in [-0.2, -0.15) is 0 Å². The van der Waals surface area contributed by atoms with Gasteiger partial charge < -0.3 is 4.42 Å². The van der Waals surface area contributed by atoms with Crippen molar-refractivity contribution in [3.05, 3.63) is 33.0 Å². The highest BCUT2D eigenvalue weighted by atomic mass is 79.9. The molecule has 0 spiro atoms. The van der Waals surface area contributed by atoms with E-state index in [0.29, 0.717) is 10.9 Å². The van der Waals surface area contributed by atoms with Crippen LogP contribution in [0.25, 0.3) is 11.5 Å². The molecule has 0 saturated heterocycles. The molecule has 0 radical (unpaired) electrons. The summed E-state index contributed by atoms with van der Waals surface area (Å²) in [6.07, 6.45) is 0. The van der Waals surface area contributed by atoms with Crippen LogP contribution < -0.4 is 0 Å². The van der Waals surface area contributed by atoms with Crippen LogP contribution in [0.5, 0.6) is 0 Å². The van der Waals surface area contributed by atoms with Gasteiger partial charge in [-0.25, -0.2) is 0 Å². The molecule has 0 amide bonds. The van der Waals surface area contributed by atoms with E-state index in [9.17, 15) is 0 Å². The predicted molar refractivity (Wildman–Crippen MR) is 57.5 cm³/mol. The van der Waals surface area contributed by atoms with Crippen LogP contribution in [0.1, 0.15) is 0 Å². The monoisotopic (exact) mass is 292 g/mol. The SMILES string of the molecule is Clc1ccc(Br)c(-c2nnc(Cl)o2)c1. The van der Waals surface area contributed by atoms with Crippen LogP contribution in [0.2, 0.25) is 10.4 Å². The Morgan fingerprint density at radius 2 is 2.00 bits per heavy atom. The third kappa shape index (κ3) is 1.92. The van der Waals surface area contributed by atoms with Gasteiger partial charge in [0.2, 0.25) is 5.89 Å². The fourth-order valence-electron chi connectivity index (χ4n) is 0.976. The molecule has 0 aliphatic carbocycles. The molecule has 0 saturated carbocycles. The number of hydrogen-bond donors (Lipinski definition) is 0. The molecule has 0 bridgehead atoms. The van der Waals surface area contributed by atoms with Gasteiger partial charge in [-0.1, -0.05) is 16.7 Å². The van der Waals surface area contributed by atoms with Gasteiger partial charge in [0.05, 0.1) is 5.56 Å². The minimum Gasteiger partial charge on any atom is -0.407 e. The second-order valence-electron chi connectivity index (χ2n) is 2.48. The number of halogens is 3. The molecule has 2 rings (SSSR count). The first kappa shape index (κ1) is 9.96. The minimum absolute atomic E-state index is 0.00637. The van der Waals surface area contributed by atoms with E-state index in [1.54, 1.807) is 18.2 Å². The highest BCUT2D eigenvalue weighted by Crippen LogP contribution is 2.30. The lowest BCUT2D eigenvalue weighted by Crippen LogP contribution is -1.80. The average Bonchev–Trinajstić information content (AvgIpc) is 2.56. The first-order chi connectivity index (χ1) is 6.66. The third-order valence-electron chi connectivity index (χ3n) is 1.56. The fourth-order valence-corrected chi connectivity index (χ4v) is 1.67. The molecule has 14 heavy (non-hydrogen) atoms. The maximum absolute atomic E-state index is 5.83. The predicted octanol–water partition coefficient (Wildman–Crippen LogP) is 3.81. The average molecular weight is 294 g/mol. The van der Waals surface area contributed by atoms with Crippen molar-refractivity contribution in [2.75, 3.05) is 0 Å².